The van der Waals surface area contributed by atoms with Gasteiger partial charge in [0.2, 0.25) is 5.75 Å². The number of amides is 1. The molecular formula is C20H24N2O4. The molecule has 26 heavy (non-hydrogen) atoms. The molecule has 1 aliphatic heterocycles. The molecular weight excluding hydrogens is 332 g/mol. The van der Waals surface area contributed by atoms with Crippen LogP contribution in [0, 0.1) is 0 Å². The summed E-state index contributed by atoms with van der Waals surface area (Å²) in [5.41, 5.74) is 2.29. The molecule has 2 aromatic carbocycles. The van der Waals surface area contributed by atoms with Crippen LogP contribution in [-0.4, -0.2) is 40.3 Å². The third-order valence-electron chi connectivity index (χ3n) is 4.53. The first-order valence-corrected chi connectivity index (χ1v) is 8.63. The van der Waals surface area contributed by atoms with Gasteiger partial charge in [-0.2, -0.15) is 0 Å². The van der Waals surface area contributed by atoms with Crippen molar-refractivity contribution in [2.24, 2.45) is 0 Å². The van der Waals surface area contributed by atoms with Gasteiger partial charge in [0, 0.05) is 18.7 Å². The molecule has 1 amide bonds. The number of rotatable bonds is 6. The van der Waals surface area contributed by atoms with Crippen LogP contribution in [0.1, 0.15) is 23.2 Å². The van der Waals surface area contributed by atoms with Crippen LogP contribution in [0.5, 0.6) is 17.2 Å². The summed E-state index contributed by atoms with van der Waals surface area (Å²) in [4.78, 5) is 15.1. The van der Waals surface area contributed by atoms with Crippen LogP contribution in [0.25, 0.3) is 0 Å². The van der Waals surface area contributed by atoms with Crippen molar-refractivity contribution in [3.05, 3.63) is 42.0 Å². The van der Waals surface area contributed by atoms with E-state index >= 15 is 0 Å². The highest BCUT2D eigenvalue weighted by atomic mass is 16.5. The van der Waals surface area contributed by atoms with Crippen molar-refractivity contribution < 1.29 is 19.0 Å². The minimum Gasteiger partial charge on any atom is -0.493 e. The number of hydrogen-bond donors (Lipinski definition) is 1. The van der Waals surface area contributed by atoms with Gasteiger partial charge < -0.3 is 24.4 Å². The Hall–Kier alpha value is -2.89. The number of carbonyl (C=O) groups excluding carboxylic acids is 1. The molecule has 0 unspecified atom stereocenters. The van der Waals surface area contributed by atoms with E-state index in [-0.39, 0.29) is 5.91 Å². The zero-order valence-electron chi connectivity index (χ0n) is 15.4. The molecule has 0 atom stereocenters. The van der Waals surface area contributed by atoms with Crippen molar-refractivity contribution in [1.29, 1.82) is 0 Å². The second-order valence-electron chi connectivity index (χ2n) is 6.08. The maximum atomic E-state index is 12.8. The summed E-state index contributed by atoms with van der Waals surface area (Å²) in [5, 5.41) is 3.01. The highest BCUT2D eigenvalue weighted by Gasteiger charge is 2.20. The SMILES string of the molecule is COc1cc(C(=O)Nc2ccccc2N2CCCC2)cc(OC)c1OC. The maximum absolute atomic E-state index is 12.8. The predicted molar refractivity (Wildman–Crippen MR) is 102 cm³/mol. The summed E-state index contributed by atoms with van der Waals surface area (Å²) < 4.78 is 16.0. The van der Waals surface area contributed by atoms with E-state index in [1.54, 1.807) is 12.1 Å². The lowest BCUT2D eigenvalue weighted by Crippen LogP contribution is -2.21. The molecule has 0 saturated carbocycles. The highest BCUT2D eigenvalue weighted by Crippen LogP contribution is 2.38. The van der Waals surface area contributed by atoms with Gasteiger partial charge in [0.1, 0.15) is 0 Å². The quantitative estimate of drug-likeness (QED) is 0.857. The van der Waals surface area contributed by atoms with Crippen molar-refractivity contribution in [1.82, 2.24) is 0 Å². The number of methoxy groups -OCH3 is 3. The number of benzene rings is 2. The van der Waals surface area contributed by atoms with Crippen LogP contribution in [0.15, 0.2) is 36.4 Å². The monoisotopic (exact) mass is 356 g/mol. The minimum atomic E-state index is -0.226. The third-order valence-corrected chi connectivity index (χ3v) is 4.53. The molecule has 1 N–H and O–H groups in total. The van der Waals surface area contributed by atoms with Crippen LogP contribution in [0.3, 0.4) is 0 Å². The van der Waals surface area contributed by atoms with Crippen LogP contribution in [0.4, 0.5) is 11.4 Å². The molecule has 0 radical (unpaired) electrons. The van der Waals surface area contributed by atoms with E-state index in [4.69, 9.17) is 14.2 Å². The van der Waals surface area contributed by atoms with Gasteiger partial charge in [-0.25, -0.2) is 0 Å². The third kappa shape index (κ3) is 3.54. The Bertz CT molecular complexity index is 760. The number of nitrogens with one attached hydrogen (secondary N) is 1. The Kier molecular flexibility index (Phi) is 5.51. The van der Waals surface area contributed by atoms with E-state index in [0.29, 0.717) is 22.8 Å². The fourth-order valence-corrected chi connectivity index (χ4v) is 3.22. The molecule has 1 saturated heterocycles. The van der Waals surface area contributed by atoms with E-state index < -0.39 is 0 Å². The molecule has 0 spiro atoms. The Morgan fingerprint density at radius 2 is 1.58 bits per heavy atom. The normalized spacial score (nSPS) is 13.4. The maximum Gasteiger partial charge on any atom is 0.255 e. The zero-order chi connectivity index (χ0) is 18.5. The van der Waals surface area contributed by atoms with E-state index in [9.17, 15) is 4.79 Å². The van der Waals surface area contributed by atoms with Gasteiger partial charge in [-0.15, -0.1) is 0 Å². The standard InChI is InChI=1S/C20H24N2O4/c1-24-17-12-14(13-18(25-2)19(17)26-3)20(23)21-15-8-4-5-9-16(15)22-10-6-7-11-22/h4-5,8-9,12-13H,6-7,10-11H2,1-3H3,(H,21,23). The summed E-state index contributed by atoms with van der Waals surface area (Å²) in [5.74, 6) is 1.13. The summed E-state index contributed by atoms with van der Waals surface area (Å²) in [6.07, 6.45) is 2.35. The molecule has 6 nitrogen and oxygen atoms in total. The Morgan fingerprint density at radius 3 is 2.15 bits per heavy atom. The smallest absolute Gasteiger partial charge is 0.255 e. The van der Waals surface area contributed by atoms with Gasteiger partial charge in [-0.05, 0) is 37.1 Å². The van der Waals surface area contributed by atoms with E-state index in [1.165, 1.54) is 34.2 Å². The molecule has 6 heteroatoms. The molecule has 1 heterocycles. The van der Waals surface area contributed by atoms with E-state index in [1.807, 2.05) is 24.3 Å². The molecule has 0 bridgehead atoms. The first-order valence-electron chi connectivity index (χ1n) is 8.63. The Morgan fingerprint density at radius 1 is 0.962 bits per heavy atom. The summed E-state index contributed by atoms with van der Waals surface area (Å²) in [6, 6.07) is 11.2. The van der Waals surface area contributed by atoms with Crippen molar-refractivity contribution in [3.8, 4) is 17.2 Å². The lowest BCUT2D eigenvalue weighted by molar-refractivity contribution is 0.102. The number of para-hydroxylation sites is 2. The van der Waals surface area contributed by atoms with Gasteiger partial charge >= 0.3 is 0 Å². The van der Waals surface area contributed by atoms with Gasteiger partial charge in [0.25, 0.3) is 5.91 Å². The summed E-state index contributed by atoms with van der Waals surface area (Å²) in [7, 11) is 4.59. The summed E-state index contributed by atoms with van der Waals surface area (Å²) >= 11 is 0. The van der Waals surface area contributed by atoms with Crippen molar-refractivity contribution in [2.75, 3.05) is 44.6 Å². The van der Waals surface area contributed by atoms with Crippen LogP contribution < -0.4 is 24.4 Å². The van der Waals surface area contributed by atoms with E-state index in [2.05, 4.69) is 10.2 Å². The van der Waals surface area contributed by atoms with Crippen LogP contribution >= 0.6 is 0 Å². The van der Waals surface area contributed by atoms with Crippen molar-refractivity contribution in [2.45, 2.75) is 12.8 Å². The molecule has 0 aromatic heterocycles. The second-order valence-corrected chi connectivity index (χ2v) is 6.08. The largest absolute Gasteiger partial charge is 0.493 e. The number of anilines is 2. The van der Waals surface area contributed by atoms with Crippen molar-refractivity contribution >= 4 is 17.3 Å². The average molecular weight is 356 g/mol. The van der Waals surface area contributed by atoms with Crippen LogP contribution in [0.2, 0.25) is 0 Å². The van der Waals surface area contributed by atoms with Gasteiger partial charge in [0.05, 0.1) is 32.7 Å². The predicted octanol–water partition coefficient (Wildman–Crippen LogP) is 3.56. The topological polar surface area (TPSA) is 60.0 Å². The first-order chi connectivity index (χ1) is 12.7. The van der Waals surface area contributed by atoms with Gasteiger partial charge in [-0.3, -0.25) is 4.79 Å². The minimum absolute atomic E-state index is 0.226. The zero-order valence-corrected chi connectivity index (χ0v) is 15.4. The van der Waals surface area contributed by atoms with E-state index in [0.717, 1.165) is 24.5 Å². The molecule has 138 valence electrons. The molecule has 1 aliphatic rings. The fourth-order valence-electron chi connectivity index (χ4n) is 3.22. The highest BCUT2D eigenvalue weighted by molar-refractivity contribution is 6.06. The van der Waals surface area contributed by atoms with Gasteiger partial charge in [-0.1, -0.05) is 12.1 Å². The second kappa shape index (κ2) is 7.99. The molecule has 3 rings (SSSR count). The Balaban J connectivity index is 1.89. The number of nitrogens with zero attached hydrogens (tertiary/aromatic N) is 1. The summed E-state index contributed by atoms with van der Waals surface area (Å²) in [6.45, 7) is 2.02. The van der Waals surface area contributed by atoms with Crippen LogP contribution in [-0.2, 0) is 0 Å². The first kappa shape index (κ1) is 17.9. The lowest BCUT2D eigenvalue weighted by atomic mass is 10.1. The van der Waals surface area contributed by atoms with Crippen molar-refractivity contribution in [3.63, 3.8) is 0 Å². The average Bonchev–Trinajstić information content (AvgIpc) is 3.21. The number of hydrogen-bond acceptors (Lipinski definition) is 5. The Labute approximate surface area is 153 Å². The molecule has 0 aliphatic carbocycles. The number of ether oxygens (including phenoxy) is 3. The van der Waals surface area contributed by atoms with Gasteiger partial charge in [0.15, 0.2) is 11.5 Å². The molecule has 2 aromatic rings. The molecule has 1 fully saturated rings. The fraction of sp³-hybridized carbons (Fsp3) is 0.350. The number of carbonyl (C=O) groups is 1. The lowest BCUT2D eigenvalue weighted by Gasteiger charge is -2.21.